The molecule has 61 heavy (non-hydrogen) atoms. The molecule has 6 heterocycles. The fourth-order valence-electron chi connectivity index (χ4n) is 7.28. The van der Waals surface area contributed by atoms with E-state index in [9.17, 15) is 50.3 Å². The number of likely N-dealkylation sites (tertiary alicyclic amines) is 3. The van der Waals surface area contributed by atoms with Gasteiger partial charge in [-0.3, -0.25) is 19.7 Å². The number of nitrogen functional groups attached to an aromatic ring is 1. The van der Waals surface area contributed by atoms with Crippen molar-refractivity contribution in [2.24, 2.45) is 0 Å². The summed E-state index contributed by atoms with van der Waals surface area (Å²) in [6.45, 7) is 5.33. The Balaban J connectivity index is 0.000000246. The van der Waals surface area contributed by atoms with E-state index in [0.29, 0.717) is 19.6 Å². The molecule has 340 valence electrons. The first-order valence-corrected chi connectivity index (χ1v) is 19.1. The number of nitrogens with zero attached hydrogens (tertiary/aromatic N) is 6. The Labute approximate surface area is 354 Å². The van der Waals surface area contributed by atoms with E-state index in [1.165, 1.54) is 58.7 Å². The second-order valence-corrected chi connectivity index (χ2v) is 16.3. The third-order valence-electron chi connectivity index (χ3n) is 10.1. The Kier molecular flexibility index (Phi) is 16.5. The lowest BCUT2D eigenvalue weighted by Crippen LogP contribution is -2.50. The number of ether oxygens (including phenoxy) is 1. The van der Waals surface area contributed by atoms with Crippen LogP contribution in [0, 0.1) is 0 Å². The molecule has 3 saturated heterocycles. The van der Waals surface area contributed by atoms with E-state index in [4.69, 9.17) is 15.6 Å². The first-order chi connectivity index (χ1) is 27.7. The number of aromatic carboxylic acids is 1. The number of carbonyl (C=O) groups excluding carboxylic acids is 1. The van der Waals surface area contributed by atoms with Gasteiger partial charge in [0.15, 0.2) is 0 Å². The van der Waals surface area contributed by atoms with Gasteiger partial charge in [-0.1, -0.05) is 0 Å². The minimum Gasteiger partial charge on any atom is -0.477 e. The molecule has 0 aliphatic carbocycles. The number of halogens is 7. The van der Waals surface area contributed by atoms with Gasteiger partial charge in [0.25, 0.3) is 34.4 Å². The molecule has 0 spiro atoms. The smallest absolute Gasteiger partial charge is 0.412 e. The molecule has 3 unspecified atom stereocenters. The van der Waals surface area contributed by atoms with Gasteiger partial charge in [-0.15, -0.1) is 12.4 Å². The van der Waals surface area contributed by atoms with Crippen LogP contribution in [-0.4, -0.2) is 129 Å². The number of carbonyl (C=O) groups is 2. The quantitative estimate of drug-likeness (QED) is 0.290. The Bertz CT molecular complexity index is 2180. The average molecular weight is 895 g/mol. The highest BCUT2D eigenvalue weighted by Gasteiger charge is 2.47. The molecule has 0 bridgehead atoms. The summed E-state index contributed by atoms with van der Waals surface area (Å²) in [5.74, 6) is -10.4. The maximum atomic E-state index is 14.3. The van der Waals surface area contributed by atoms with Crippen molar-refractivity contribution in [1.82, 2.24) is 28.4 Å². The van der Waals surface area contributed by atoms with Crippen molar-refractivity contribution in [2.45, 2.75) is 81.5 Å². The summed E-state index contributed by atoms with van der Waals surface area (Å²) in [5.41, 5.74) is 2.07. The lowest BCUT2D eigenvalue weighted by atomic mass is 10.0. The van der Waals surface area contributed by atoms with Crippen molar-refractivity contribution in [2.75, 3.05) is 71.5 Å². The van der Waals surface area contributed by atoms with E-state index in [1.807, 2.05) is 0 Å². The van der Waals surface area contributed by atoms with Crippen LogP contribution in [-0.2, 0) is 4.74 Å². The highest BCUT2D eigenvalue weighted by Crippen LogP contribution is 2.37. The van der Waals surface area contributed by atoms with Gasteiger partial charge >= 0.3 is 12.1 Å². The molecule has 1 amide bonds. The van der Waals surface area contributed by atoms with Crippen LogP contribution in [0.5, 0.6) is 0 Å². The summed E-state index contributed by atoms with van der Waals surface area (Å²) in [4.78, 5) is 63.4. The van der Waals surface area contributed by atoms with Crippen LogP contribution >= 0.6 is 12.4 Å². The Morgan fingerprint density at radius 1 is 0.689 bits per heavy atom. The highest BCUT2D eigenvalue weighted by atomic mass is 35.5. The molecular weight excluding hydrogens is 842 g/mol. The summed E-state index contributed by atoms with van der Waals surface area (Å²) in [5, 5.41) is 11.2. The van der Waals surface area contributed by atoms with Crippen LogP contribution in [0.1, 0.15) is 68.5 Å². The SMILES string of the molecule is CN1CCC(n2cccc(C(=O)O)c2=O)C(F)(F)C1.CN1CCC(n2cccc(N)c2=O)C(F)(F)C1.CN1CCC(n2cccc(NC(=O)OC(C)(C)C)c2=O)C(F)(F)C1.Cl. The third kappa shape index (κ3) is 12.8. The van der Waals surface area contributed by atoms with Gasteiger partial charge in [0.1, 0.15) is 35.0 Å². The minimum absolute atomic E-state index is 0. The Morgan fingerprint density at radius 3 is 1.46 bits per heavy atom. The van der Waals surface area contributed by atoms with Gasteiger partial charge in [-0.05, 0) is 97.6 Å². The summed E-state index contributed by atoms with van der Waals surface area (Å²) in [6.07, 6.45) is 3.62. The van der Waals surface area contributed by atoms with Crippen LogP contribution < -0.4 is 27.7 Å². The van der Waals surface area contributed by atoms with E-state index >= 15 is 0 Å². The zero-order valence-electron chi connectivity index (χ0n) is 34.6. The maximum Gasteiger partial charge on any atom is 0.412 e. The standard InChI is InChI=1S/C16H23F2N3O3.C12H14F2N2O3.C11H15F2N3O.ClH/c1-15(2,3)24-14(23)19-11-6-5-8-21(13(11)22)12-7-9-20(4)10-16(12,17)18;1-15-6-4-9(12(13,14)7-15)16-5-2-3-8(10(16)17)11(18)19;1-15-6-4-9(11(12,13)7-15)16-5-2-3-8(14)10(16)17;/h5-6,8,12H,7,9-10H2,1-4H3,(H,19,23);2-3,5,9H,4,6-7H2,1H3,(H,18,19);2-3,5,9H,4,6-7,14H2,1H3;1H. The maximum absolute atomic E-state index is 14.3. The van der Waals surface area contributed by atoms with Crippen LogP contribution in [0.2, 0.25) is 0 Å². The zero-order chi connectivity index (χ0) is 45.0. The molecular formula is C39H53ClF6N8O7. The van der Waals surface area contributed by atoms with Crippen LogP contribution in [0.15, 0.2) is 69.4 Å². The monoisotopic (exact) mass is 894 g/mol. The lowest BCUT2D eigenvalue weighted by molar-refractivity contribution is -0.0993. The lowest BCUT2D eigenvalue weighted by Gasteiger charge is -2.37. The van der Waals surface area contributed by atoms with Crippen molar-refractivity contribution >= 4 is 35.8 Å². The molecule has 0 radical (unpaired) electrons. The second kappa shape index (κ2) is 19.9. The molecule has 3 aliphatic heterocycles. The molecule has 3 aromatic heterocycles. The minimum atomic E-state index is -3.06. The zero-order valence-corrected chi connectivity index (χ0v) is 35.4. The van der Waals surface area contributed by atoms with E-state index in [-0.39, 0.29) is 49.6 Å². The highest BCUT2D eigenvalue weighted by molar-refractivity contribution is 5.87. The number of nitrogens with two attached hydrogens (primary N) is 1. The average Bonchev–Trinajstić information content (AvgIpc) is 3.10. The predicted molar refractivity (Wildman–Crippen MR) is 219 cm³/mol. The Morgan fingerprint density at radius 2 is 1.07 bits per heavy atom. The predicted octanol–water partition coefficient (Wildman–Crippen LogP) is 5.13. The first-order valence-electron chi connectivity index (χ1n) is 19.1. The number of nitrogens with one attached hydrogen (secondary N) is 1. The van der Waals surface area contributed by atoms with Crippen molar-refractivity contribution in [1.29, 1.82) is 0 Å². The molecule has 0 aromatic carbocycles. The fourth-order valence-corrected chi connectivity index (χ4v) is 7.28. The molecule has 0 saturated carbocycles. The number of aromatic nitrogens is 3. The normalized spacial score (nSPS) is 22.5. The van der Waals surface area contributed by atoms with Crippen molar-refractivity contribution in [3.8, 4) is 0 Å². The number of rotatable bonds is 5. The molecule has 15 nitrogen and oxygen atoms in total. The summed E-state index contributed by atoms with van der Waals surface area (Å²) < 4.78 is 92.2. The first kappa shape index (κ1) is 50.5. The number of alkyl halides is 6. The van der Waals surface area contributed by atoms with Crippen molar-refractivity contribution < 1.29 is 45.8 Å². The summed E-state index contributed by atoms with van der Waals surface area (Å²) in [6, 6.07) is 4.56. The van der Waals surface area contributed by atoms with Gasteiger partial charge in [-0.25, -0.2) is 35.9 Å². The van der Waals surface area contributed by atoms with Gasteiger partial charge in [0, 0.05) is 38.2 Å². The topological polar surface area (TPSA) is 177 Å². The number of hydrogen-bond acceptors (Lipinski definition) is 10. The molecule has 6 rings (SSSR count). The molecule has 22 heteroatoms. The van der Waals surface area contributed by atoms with Gasteiger partial charge < -0.3 is 44.0 Å². The fraction of sp³-hybridized carbons (Fsp3) is 0.564. The van der Waals surface area contributed by atoms with E-state index in [2.05, 4.69) is 5.32 Å². The number of amides is 1. The van der Waals surface area contributed by atoms with Gasteiger partial charge in [0.05, 0.1) is 25.3 Å². The van der Waals surface area contributed by atoms with E-state index in [1.54, 1.807) is 46.8 Å². The van der Waals surface area contributed by atoms with Crippen molar-refractivity contribution in [3.63, 3.8) is 0 Å². The summed E-state index contributed by atoms with van der Waals surface area (Å²) in [7, 11) is 4.85. The van der Waals surface area contributed by atoms with Crippen LogP contribution in [0.3, 0.4) is 0 Å². The van der Waals surface area contributed by atoms with Gasteiger partial charge in [-0.2, -0.15) is 0 Å². The second-order valence-electron chi connectivity index (χ2n) is 16.3. The molecule has 3 aliphatic rings. The van der Waals surface area contributed by atoms with Crippen LogP contribution in [0.25, 0.3) is 0 Å². The molecule has 4 N–H and O–H groups in total. The molecule has 3 aromatic rings. The molecule has 3 fully saturated rings. The number of anilines is 2. The number of carboxylic acids is 1. The number of pyridine rings is 3. The Hall–Kier alpha value is -4.86. The van der Waals surface area contributed by atoms with Gasteiger partial charge in [0.2, 0.25) is 0 Å². The number of carboxylic acid groups (broad SMARTS) is 1. The van der Waals surface area contributed by atoms with Crippen molar-refractivity contribution in [3.05, 3.63) is 91.6 Å². The molecule has 3 atom stereocenters. The largest absolute Gasteiger partial charge is 0.477 e. The van der Waals surface area contributed by atoms with E-state index < -0.39 is 88.9 Å². The number of hydrogen-bond donors (Lipinski definition) is 3. The van der Waals surface area contributed by atoms with Crippen LogP contribution in [0.4, 0.5) is 42.5 Å². The van der Waals surface area contributed by atoms with E-state index in [0.717, 1.165) is 19.8 Å². The summed E-state index contributed by atoms with van der Waals surface area (Å²) >= 11 is 0. The third-order valence-corrected chi connectivity index (χ3v) is 10.1. The number of piperidine rings is 3.